The molecule has 1 N–H and O–H groups in total. The molecule has 0 heterocycles. The smallest absolute Gasteiger partial charge is 0.332 e. The van der Waals surface area contributed by atoms with Gasteiger partial charge >= 0.3 is 5.97 Å². The third kappa shape index (κ3) is 17.0. The van der Waals surface area contributed by atoms with Gasteiger partial charge in [0, 0.05) is 6.61 Å². The standard InChI is InChI=1S/C21H36O3/c1-3-4-5-6-7-8-9-10-11-12-13-14-15-16-17-18-19-24-20(2)21(22)23/h4-5,7-8,10-11,20H,3,6,9,12-19H2,1-2H3,(H,22,23)/b5-4-,8-7-,11-10-. The number of allylic oxidation sites excluding steroid dienone is 6. The molecule has 0 aromatic carbocycles. The molecule has 0 fully saturated rings. The topological polar surface area (TPSA) is 46.5 Å². The molecule has 1 unspecified atom stereocenters. The Morgan fingerprint density at radius 2 is 1.42 bits per heavy atom. The van der Waals surface area contributed by atoms with Crippen LogP contribution in [0.3, 0.4) is 0 Å². The Kier molecular flexibility index (Phi) is 17.0. The predicted octanol–water partition coefficient (Wildman–Crippen LogP) is 6.07. The van der Waals surface area contributed by atoms with Gasteiger partial charge in [-0.3, -0.25) is 0 Å². The Morgan fingerprint density at radius 3 is 2.04 bits per heavy atom. The van der Waals surface area contributed by atoms with E-state index in [1.54, 1.807) is 6.92 Å². The second kappa shape index (κ2) is 18.0. The summed E-state index contributed by atoms with van der Waals surface area (Å²) in [6, 6.07) is 0. The number of hydrogen-bond donors (Lipinski definition) is 1. The number of aliphatic carboxylic acids is 1. The van der Waals surface area contributed by atoms with Crippen molar-refractivity contribution in [3.63, 3.8) is 0 Å². The van der Waals surface area contributed by atoms with Crippen LogP contribution in [0.25, 0.3) is 0 Å². The lowest BCUT2D eigenvalue weighted by Gasteiger charge is -2.07. The van der Waals surface area contributed by atoms with Crippen LogP contribution >= 0.6 is 0 Å². The molecule has 0 saturated heterocycles. The predicted molar refractivity (Wildman–Crippen MR) is 102 cm³/mol. The maximum Gasteiger partial charge on any atom is 0.332 e. The van der Waals surface area contributed by atoms with Gasteiger partial charge in [-0.15, -0.1) is 0 Å². The first-order valence-electron chi connectivity index (χ1n) is 9.47. The van der Waals surface area contributed by atoms with Crippen LogP contribution in [0.5, 0.6) is 0 Å². The van der Waals surface area contributed by atoms with Gasteiger partial charge in [0.25, 0.3) is 0 Å². The van der Waals surface area contributed by atoms with Crippen molar-refractivity contribution in [2.45, 2.75) is 84.2 Å². The molecule has 0 radical (unpaired) electrons. The van der Waals surface area contributed by atoms with Crippen LogP contribution in [0.2, 0.25) is 0 Å². The van der Waals surface area contributed by atoms with Crippen LogP contribution in [-0.4, -0.2) is 23.8 Å². The molecule has 0 aromatic rings. The van der Waals surface area contributed by atoms with Crippen molar-refractivity contribution >= 4 is 5.97 Å². The molecule has 24 heavy (non-hydrogen) atoms. The molecule has 0 aliphatic heterocycles. The molecule has 0 saturated carbocycles. The van der Waals surface area contributed by atoms with Gasteiger partial charge in [0.1, 0.15) is 0 Å². The second-order valence-corrected chi connectivity index (χ2v) is 6.06. The Hall–Kier alpha value is -1.35. The molecule has 0 aromatic heterocycles. The van der Waals surface area contributed by atoms with Crippen LogP contribution in [0.1, 0.15) is 78.1 Å². The van der Waals surface area contributed by atoms with Crippen molar-refractivity contribution in [1.29, 1.82) is 0 Å². The van der Waals surface area contributed by atoms with Gasteiger partial charge in [0.05, 0.1) is 0 Å². The van der Waals surface area contributed by atoms with Crippen LogP contribution in [-0.2, 0) is 9.53 Å². The highest BCUT2D eigenvalue weighted by Crippen LogP contribution is 2.08. The van der Waals surface area contributed by atoms with Gasteiger partial charge in [0.2, 0.25) is 0 Å². The molecule has 3 heteroatoms. The number of carbonyl (C=O) groups is 1. The molecular formula is C21H36O3. The van der Waals surface area contributed by atoms with Gasteiger partial charge in [-0.05, 0) is 45.4 Å². The maximum atomic E-state index is 10.6. The summed E-state index contributed by atoms with van der Waals surface area (Å²) in [6.45, 7) is 4.29. The second-order valence-electron chi connectivity index (χ2n) is 6.06. The lowest BCUT2D eigenvalue weighted by Crippen LogP contribution is -2.20. The number of rotatable bonds is 16. The number of carboxylic acid groups (broad SMARTS) is 1. The summed E-state index contributed by atoms with van der Waals surface area (Å²) in [6.07, 6.45) is 24.1. The summed E-state index contributed by atoms with van der Waals surface area (Å²) in [7, 11) is 0. The lowest BCUT2D eigenvalue weighted by molar-refractivity contribution is -0.149. The molecule has 0 spiro atoms. The van der Waals surface area contributed by atoms with Gasteiger partial charge in [-0.25, -0.2) is 4.79 Å². The molecule has 0 aliphatic rings. The molecule has 0 rings (SSSR count). The Bertz CT molecular complexity index is 369. The van der Waals surface area contributed by atoms with E-state index in [2.05, 4.69) is 43.4 Å². The minimum atomic E-state index is -0.883. The average Bonchev–Trinajstić information content (AvgIpc) is 2.57. The van der Waals surface area contributed by atoms with E-state index in [0.717, 1.165) is 32.1 Å². The first-order valence-corrected chi connectivity index (χ1v) is 9.47. The van der Waals surface area contributed by atoms with E-state index in [4.69, 9.17) is 9.84 Å². The van der Waals surface area contributed by atoms with Crippen molar-refractivity contribution in [1.82, 2.24) is 0 Å². The third-order valence-electron chi connectivity index (χ3n) is 3.76. The highest BCUT2D eigenvalue weighted by atomic mass is 16.5. The summed E-state index contributed by atoms with van der Waals surface area (Å²) in [5.74, 6) is -0.883. The molecule has 1 atom stereocenters. The van der Waals surface area contributed by atoms with Crippen LogP contribution in [0.15, 0.2) is 36.5 Å². The highest BCUT2D eigenvalue weighted by molar-refractivity contribution is 5.71. The fourth-order valence-electron chi connectivity index (χ4n) is 2.23. The van der Waals surface area contributed by atoms with E-state index < -0.39 is 12.1 Å². The number of ether oxygens (including phenoxy) is 1. The molecule has 138 valence electrons. The van der Waals surface area contributed by atoms with E-state index in [9.17, 15) is 4.79 Å². The van der Waals surface area contributed by atoms with Gasteiger partial charge in [-0.2, -0.15) is 0 Å². The Morgan fingerprint density at radius 1 is 0.875 bits per heavy atom. The fraction of sp³-hybridized carbons (Fsp3) is 0.667. The van der Waals surface area contributed by atoms with E-state index in [-0.39, 0.29) is 0 Å². The van der Waals surface area contributed by atoms with Gasteiger partial charge in [-0.1, -0.05) is 69.1 Å². The zero-order chi connectivity index (χ0) is 17.9. The fourth-order valence-corrected chi connectivity index (χ4v) is 2.23. The molecule has 0 bridgehead atoms. The number of carboxylic acids is 1. The largest absolute Gasteiger partial charge is 0.479 e. The SMILES string of the molecule is CC/C=C\C/C=C\C/C=C\CCCCCCCCOC(C)C(=O)O. The first-order chi connectivity index (χ1) is 11.7. The van der Waals surface area contributed by atoms with Crippen molar-refractivity contribution in [3.05, 3.63) is 36.5 Å². The highest BCUT2D eigenvalue weighted by Gasteiger charge is 2.09. The number of hydrogen-bond acceptors (Lipinski definition) is 2. The van der Waals surface area contributed by atoms with Crippen LogP contribution < -0.4 is 0 Å². The summed E-state index contributed by atoms with van der Waals surface area (Å²) in [5.41, 5.74) is 0. The summed E-state index contributed by atoms with van der Waals surface area (Å²) < 4.78 is 5.20. The van der Waals surface area contributed by atoms with Crippen molar-refractivity contribution in [2.24, 2.45) is 0 Å². The van der Waals surface area contributed by atoms with Crippen molar-refractivity contribution in [2.75, 3.05) is 6.61 Å². The van der Waals surface area contributed by atoms with E-state index in [0.29, 0.717) is 6.61 Å². The van der Waals surface area contributed by atoms with E-state index in [1.165, 1.54) is 32.1 Å². The zero-order valence-electron chi connectivity index (χ0n) is 15.6. The maximum absolute atomic E-state index is 10.6. The van der Waals surface area contributed by atoms with E-state index >= 15 is 0 Å². The minimum Gasteiger partial charge on any atom is -0.479 e. The molecule has 3 nitrogen and oxygen atoms in total. The quantitative estimate of drug-likeness (QED) is 0.275. The third-order valence-corrected chi connectivity index (χ3v) is 3.76. The monoisotopic (exact) mass is 336 g/mol. The Balaban J connectivity index is 3.26. The minimum absolute atomic E-state index is 0.554. The lowest BCUT2D eigenvalue weighted by atomic mass is 10.1. The number of unbranched alkanes of at least 4 members (excludes halogenated alkanes) is 6. The van der Waals surface area contributed by atoms with Gasteiger partial charge in [0.15, 0.2) is 6.10 Å². The zero-order valence-corrected chi connectivity index (χ0v) is 15.6. The molecular weight excluding hydrogens is 300 g/mol. The van der Waals surface area contributed by atoms with E-state index in [1.807, 2.05) is 0 Å². The van der Waals surface area contributed by atoms with Gasteiger partial charge < -0.3 is 9.84 Å². The first kappa shape index (κ1) is 22.6. The van der Waals surface area contributed by atoms with Crippen molar-refractivity contribution < 1.29 is 14.6 Å². The van der Waals surface area contributed by atoms with Crippen LogP contribution in [0.4, 0.5) is 0 Å². The summed E-state index contributed by atoms with van der Waals surface area (Å²) in [4.78, 5) is 10.6. The molecule has 0 aliphatic carbocycles. The van der Waals surface area contributed by atoms with Crippen LogP contribution in [0, 0.1) is 0 Å². The summed E-state index contributed by atoms with van der Waals surface area (Å²) in [5, 5.41) is 8.68. The summed E-state index contributed by atoms with van der Waals surface area (Å²) >= 11 is 0. The Labute approximate surface area is 148 Å². The van der Waals surface area contributed by atoms with Crippen molar-refractivity contribution in [3.8, 4) is 0 Å². The average molecular weight is 337 g/mol. The normalized spacial score (nSPS) is 13.4. The molecule has 0 amide bonds.